The zero-order valence-electron chi connectivity index (χ0n) is 9.21. The van der Waals surface area contributed by atoms with Gasteiger partial charge in [0.05, 0.1) is 0 Å². The third-order valence-electron chi connectivity index (χ3n) is 1.99. The van der Waals surface area contributed by atoms with Gasteiger partial charge in [0.2, 0.25) is 0 Å². The number of nitrogens with zero attached hydrogens (tertiary/aromatic N) is 4. The number of aromatic nitrogens is 4. The van der Waals surface area contributed by atoms with E-state index in [2.05, 4.69) is 34.0 Å². The van der Waals surface area contributed by atoms with Crippen molar-refractivity contribution in [2.75, 3.05) is 5.73 Å². The van der Waals surface area contributed by atoms with Crippen molar-refractivity contribution in [1.29, 1.82) is 0 Å². The largest absolute Gasteiger partial charge is 0.382 e. The van der Waals surface area contributed by atoms with Gasteiger partial charge in [-0.05, 0) is 5.92 Å². The van der Waals surface area contributed by atoms with Crippen molar-refractivity contribution >= 4 is 5.82 Å². The summed E-state index contributed by atoms with van der Waals surface area (Å²) in [6, 6.07) is 0. The van der Waals surface area contributed by atoms with Gasteiger partial charge in [0.1, 0.15) is 0 Å². The van der Waals surface area contributed by atoms with Crippen LogP contribution in [-0.2, 0) is 6.42 Å². The molecule has 0 amide bonds. The van der Waals surface area contributed by atoms with Gasteiger partial charge in [-0.25, -0.2) is 9.97 Å². The molecule has 2 rings (SSSR count). The van der Waals surface area contributed by atoms with E-state index in [4.69, 9.17) is 10.3 Å². The first-order chi connectivity index (χ1) is 7.66. The van der Waals surface area contributed by atoms with Crippen LogP contribution in [0.5, 0.6) is 0 Å². The van der Waals surface area contributed by atoms with Crippen molar-refractivity contribution in [2.24, 2.45) is 5.92 Å². The number of nitrogens with two attached hydrogens (primary N) is 1. The maximum atomic E-state index is 5.66. The molecule has 6 nitrogen and oxygen atoms in total. The topological polar surface area (TPSA) is 90.7 Å². The predicted molar refractivity (Wildman–Crippen MR) is 58.3 cm³/mol. The average molecular weight is 219 g/mol. The summed E-state index contributed by atoms with van der Waals surface area (Å²) in [6.07, 6.45) is 3.83. The molecule has 2 N–H and O–H groups in total. The number of hydrogen-bond acceptors (Lipinski definition) is 6. The lowest BCUT2D eigenvalue weighted by atomic mass is 10.1. The number of anilines is 1. The van der Waals surface area contributed by atoms with E-state index in [0.29, 0.717) is 29.1 Å². The Morgan fingerprint density at radius 3 is 2.75 bits per heavy atom. The van der Waals surface area contributed by atoms with E-state index >= 15 is 0 Å². The molecular formula is C10H13N5O. The van der Waals surface area contributed by atoms with Crippen molar-refractivity contribution in [2.45, 2.75) is 20.3 Å². The van der Waals surface area contributed by atoms with Crippen LogP contribution in [0.25, 0.3) is 11.6 Å². The molecule has 0 aliphatic rings. The van der Waals surface area contributed by atoms with Gasteiger partial charge in [0.25, 0.3) is 5.89 Å². The van der Waals surface area contributed by atoms with Crippen molar-refractivity contribution in [3.8, 4) is 11.6 Å². The first-order valence-corrected chi connectivity index (χ1v) is 5.06. The van der Waals surface area contributed by atoms with Crippen LogP contribution >= 0.6 is 0 Å². The lowest BCUT2D eigenvalue weighted by molar-refractivity contribution is 0.416. The second kappa shape index (κ2) is 4.26. The molecule has 16 heavy (non-hydrogen) atoms. The van der Waals surface area contributed by atoms with E-state index in [1.165, 1.54) is 12.4 Å². The minimum absolute atomic E-state index is 0.294. The molecule has 0 saturated heterocycles. The molecule has 0 aromatic carbocycles. The van der Waals surface area contributed by atoms with Crippen LogP contribution in [0.2, 0.25) is 0 Å². The fourth-order valence-electron chi connectivity index (χ4n) is 1.31. The lowest BCUT2D eigenvalue weighted by Gasteiger charge is -1.97. The minimum Gasteiger partial charge on any atom is -0.382 e. The Morgan fingerprint density at radius 1 is 1.31 bits per heavy atom. The molecule has 0 unspecified atom stereocenters. The highest BCUT2D eigenvalue weighted by molar-refractivity contribution is 5.61. The molecule has 84 valence electrons. The monoisotopic (exact) mass is 219 g/mol. The van der Waals surface area contributed by atoms with E-state index in [1.807, 2.05) is 0 Å². The zero-order valence-corrected chi connectivity index (χ0v) is 9.21. The molecule has 2 heterocycles. The summed E-state index contributed by atoms with van der Waals surface area (Å²) < 4.78 is 5.09. The Kier molecular flexibility index (Phi) is 2.80. The second-order valence-electron chi connectivity index (χ2n) is 3.90. The predicted octanol–water partition coefficient (Wildman–Crippen LogP) is 1.31. The quantitative estimate of drug-likeness (QED) is 0.836. The molecule has 6 heteroatoms. The highest BCUT2D eigenvalue weighted by Gasteiger charge is 2.14. The third kappa shape index (κ3) is 2.16. The van der Waals surface area contributed by atoms with Gasteiger partial charge in [-0.3, -0.25) is 0 Å². The number of nitrogen functional groups attached to an aromatic ring is 1. The standard InChI is InChI=1S/C10H13N5O/c1-6(2)5-7-14-10(16-15-7)8-9(11)13-4-3-12-8/h3-4,6H,5H2,1-2H3,(H2,11,13). The zero-order chi connectivity index (χ0) is 11.5. The summed E-state index contributed by atoms with van der Waals surface area (Å²) in [4.78, 5) is 12.2. The van der Waals surface area contributed by atoms with Crippen molar-refractivity contribution in [3.63, 3.8) is 0 Å². The Labute approximate surface area is 92.9 Å². The fraction of sp³-hybridized carbons (Fsp3) is 0.400. The Bertz CT molecular complexity index is 480. The second-order valence-corrected chi connectivity index (χ2v) is 3.90. The van der Waals surface area contributed by atoms with Gasteiger partial charge in [-0.15, -0.1) is 0 Å². The van der Waals surface area contributed by atoms with Gasteiger partial charge in [0.15, 0.2) is 17.3 Å². The Morgan fingerprint density at radius 2 is 2.06 bits per heavy atom. The fourth-order valence-corrected chi connectivity index (χ4v) is 1.31. The molecule has 0 fully saturated rings. The normalized spacial score (nSPS) is 10.9. The van der Waals surface area contributed by atoms with Gasteiger partial charge in [-0.2, -0.15) is 4.98 Å². The van der Waals surface area contributed by atoms with E-state index < -0.39 is 0 Å². The van der Waals surface area contributed by atoms with Crippen molar-refractivity contribution in [1.82, 2.24) is 20.1 Å². The van der Waals surface area contributed by atoms with Crippen LogP contribution < -0.4 is 5.73 Å². The molecule has 0 aliphatic carbocycles. The average Bonchev–Trinajstić information content (AvgIpc) is 2.66. The molecule has 2 aromatic heterocycles. The molecule has 0 spiro atoms. The molecule has 0 radical (unpaired) electrons. The van der Waals surface area contributed by atoms with Crippen LogP contribution in [0.1, 0.15) is 19.7 Å². The van der Waals surface area contributed by atoms with Gasteiger partial charge in [0, 0.05) is 18.8 Å². The Balaban J connectivity index is 2.28. The summed E-state index contributed by atoms with van der Waals surface area (Å²) >= 11 is 0. The van der Waals surface area contributed by atoms with Crippen LogP contribution in [0.15, 0.2) is 16.9 Å². The highest BCUT2D eigenvalue weighted by Crippen LogP contribution is 2.19. The molecule has 0 atom stereocenters. The van der Waals surface area contributed by atoms with Crippen molar-refractivity contribution < 1.29 is 4.52 Å². The number of hydrogen-bond donors (Lipinski definition) is 1. The minimum atomic E-state index is 0.294. The van der Waals surface area contributed by atoms with E-state index in [0.717, 1.165) is 6.42 Å². The Hall–Kier alpha value is -1.98. The smallest absolute Gasteiger partial charge is 0.280 e. The van der Waals surface area contributed by atoms with Crippen molar-refractivity contribution in [3.05, 3.63) is 18.2 Å². The summed E-state index contributed by atoms with van der Waals surface area (Å²) in [7, 11) is 0. The number of rotatable bonds is 3. The van der Waals surface area contributed by atoms with Crippen LogP contribution in [0.4, 0.5) is 5.82 Å². The first-order valence-electron chi connectivity index (χ1n) is 5.06. The summed E-state index contributed by atoms with van der Waals surface area (Å²) in [6.45, 7) is 4.18. The SMILES string of the molecule is CC(C)Cc1noc(-c2nccnc2N)n1. The van der Waals surface area contributed by atoms with Gasteiger partial charge in [-0.1, -0.05) is 19.0 Å². The highest BCUT2D eigenvalue weighted by atomic mass is 16.5. The maximum absolute atomic E-state index is 5.66. The molecule has 0 bridgehead atoms. The molecular weight excluding hydrogens is 206 g/mol. The first kappa shape index (κ1) is 10.5. The van der Waals surface area contributed by atoms with E-state index in [9.17, 15) is 0 Å². The molecule has 2 aromatic rings. The van der Waals surface area contributed by atoms with Crippen LogP contribution in [0, 0.1) is 5.92 Å². The van der Waals surface area contributed by atoms with Crippen LogP contribution in [0.3, 0.4) is 0 Å². The summed E-state index contributed by atoms with van der Waals surface area (Å²) in [5.74, 6) is 1.75. The van der Waals surface area contributed by atoms with E-state index in [1.54, 1.807) is 0 Å². The summed E-state index contributed by atoms with van der Waals surface area (Å²) in [5, 5.41) is 3.86. The van der Waals surface area contributed by atoms with E-state index in [-0.39, 0.29) is 0 Å². The summed E-state index contributed by atoms with van der Waals surface area (Å²) in [5.41, 5.74) is 6.10. The lowest BCUT2D eigenvalue weighted by Crippen LogP contribution is -1.98. The van der Waals surface area contributed by atoms with Crippen LogP contribution in [-0.4, -0.2) is 20.1 Å². The molecule has 0 saturated carbocycles. The van der Waals surface area contributed by atoms with Gasteiger partial charge >= 0.3 is 0 Å². The maximum Gasteiger partial charge on any atom is 0.280 e. The molecule has 0 aliphatic heterocycles. The van der Waals surface area contributed by atoms with Gasteiger partial charge < -0.3 is 10.3 Å². The third-order valence-corrected chi connectivity index (χ3v) is 1.99.